The molecule has 4 heteroatoms. The van der Waals surface area contributed by atoms with Gasteiger partial charge in [-0.25, -0.2) is 4.39 Å². The smallest absolute Gasteiger partial charge is 0.125 e. The summed E-state index contributed by atoms with van der Waals surface area (Å²) in [5.74, 6) is 0.353. The van der Waals surface area contributed by atoms with Crippen LogP contribution in [0.5, 0.6) is 0 Å². The highest BCUT2D eigenvalue weighted by molar-refractivity contribution is 5.58. The summed E-state index contributed by atoms with van der Waals surface area (Å²) in [6.07, 6.45) is 1.02. The van der Waals surface area contributed by atoms with Crippen molar-refractivity contribution < 1.29 is 9.13 Å². The van der Waals surface area contributed by atoms with E-state index >= 15 is 0 Å². The SMILES string of the molecule is CCNC1COCC1CN1CCc2ccc(F)cc21. The van der Waals surface area contributed by atoms with Crippen molar-refractivity contribution in [1.29, 1.82) is 0 Å². The third-order valence-electron chi connectivity index (χ3n) is 4.16. The van der Waals surface area contributed by atoms with Crippen molar-refractivity contribution in [2.24, 2.45) is 5.92 Å². The number of rotatable bonds is 4. The molecule has 104 valence electrons. The first kappa shape index (κ1) is 12.9. The average Bonchev–Trinajstić information content (AvgIpc) is 2.99. The summed E-state index contributed by atoms with van der Waals surface area (Å²) >= 11 is 0. The Morgan fingerprint density at radius 3 is 3.16 bits per heavy atom. The minimum atomic E-state index is -0.142. The van der Waals surface area contributed by atoms with E-state index in [-0.39, 0.29) is 5.82 Å². The zero-order valence-corrected chi connectivity index (χ0v) is 11.4. The van der Waals surface area contributed by atoms with Gasteiger partial charge in [-0.1, -0.05) is 13.0 Å². The molecule has 3 rings (SSSR count). The molecule has 0 saturated carbocycles. The summed E-state index contributed by atoms with van der Waals surface area (Å²) in [7, 11) is 0. The first-order valence-corrected chi connectivity index (χ1v) is 7.12. The summed E-state index contributed by atoms with van der Waals surface area (Å²) in [6, 6.07) is 5.57. The first-order chi connectivity index (χ1) is 9.28. The lowest BCUT2D eigenvalue weighted by Crippen LogP contribution is -2.41. The van der Waals surface area contributed by atoms with Crippen LogP contribution in [0.25, 0.3) is 0 Å². The van der Waals surface area contributed by atoms with Crippen LogP contribution < -0.4 is 10.2 Å². The third kappa shape index (κ3) is 2.60. The monoisotopic (exact) mass is 264 g/mol. The second-order valence-electron chi connectivity index (χ2n) is 5.43. The van der Waals surface area contributed by atoms with Crippen LogP contribution in [0.15, 0.2) is 18.2 Å². The maximum Gasteiger partial charge on any atom is 0.125 e. The molecule has 2 heterocycles. The summed E-state index contributed by atoms with van der Waals surface area (Å²) in [5, 5.41) is 3.48. The van der Waals surface area contributed by atoms with Gasteiger partial charge in [0, 0.05) is 30.7 Å². The van der Waals surface area contributed by atoms with Crippen LogP contribution >= 0.6 is 0 Å². The predicted molar refractivity (Wildman–Crippen MR) is 74.1 cm³/mol. The molecule has 2 aliphatic heterocycles. The van der Waals surface area contributed by atoms with Crippen molar-refractivity contribution in [3.05, 3.63) is 29.6 Å². The number of nitrogens with one attached hydrogen (secondary N) is 1. The van der Waals surface area contributed by atoms with Gasteiger partial charge in [0.15, 0.2) is 0 Å². The summed E-state index contributed by atoms with van der Waals surface area (Å²) in [4.78, 5) is 2.31. The molecule has 0 radical (unpaired) electrons. The molecule has 0 bridgehead atoms. The quantitative estimate of drug-likeness (QED) is 0.897. The molecule has 0 amide bonds. The molecule has 1 aromatic rings. The second kappa shape index (κ2) is 5.47. The van der Waals surface area contributed by atoms with Crippen LogP contribution in [-0.4, -0.2) is 38.9 Å². The van der Waals surface area contributed by atoms with Gasteiger partial charge < -0.3 is 15.0 Å². The number of ether oxygens (including phenoxy) is 1. The second-order valence-corrected chi connectivity index (χ2v) is 5.43. The van der Waals surface area contributed by atoms with Gasteiger partial charge in [0.2, 0.25) is 0 Å². The maximum absolute atomic E-state index is 13.4. The minimum absolute atomic E-state index is 0.142. The number of nitrogens with zero attached hydrogens (tertiary/aromatic N) is 1. The summed E-state index contributed by atoms with van der Waals surface area (Å²) in [6.45, 7) is 6.63. The molecule has 3 nitrogen and oxygen atoms in total. The summed E-state index contributed by atoms with van der Waals surface area (Å²) < 4.78 is 19.0. The van der Waals surface area contributed by atoms with Crippen LogP contribution in [-0.2, 0) is 11.2 Å². The zero-order chi connectivity index (χ0) is 13.2. The fraction of sp³-hybridized carbons (Fsp3) is 0.600. The number of halogens is 1. The van der Waals surface area contributed by atoms with Crippen LogP contribution in [0.4, 0.5) is 10.1 Å². The molecule has 2 aliphatic rings. The van der Waals surface area contributed by atoms with E-state index in [0.29, 0.717) is 12.0 Å². The number of likely N-dealkylation sites (N-methyl/N-ethyl adjacent to an activating group) is 1. The summed E-state index contributed by atoms with van der Waals surface area (Å²) in [5.41, 5.74) is 2.34. The topological polar surface area (TPSA) is 24.5 Å². The van der Waals surface area contributed by atoms with E-state index in [4.69, 9.17) is 4.74 Å². The van der Waals surface area contributed by atoms with Gasteiger partial charge in [-0.3, -0.25) is 0 Å². The van der Waals surface area contributed by atoms with Gasteiger partial charge in [0.05, 0.1) is 13.2 Å². The number of anilines is 1. The molecule has 2 atom stereocenters. The average molecular weight is 264 g/mol. The molecule has 1 N–H and O–H groups in total. The van der Waals surface area contributed by atoms with Gasteiger partial charge in [0.1, 0.15) is 5.82 Å². The third-order valence-corrected chi connectivity index (χ3v) is 4.16. The zero-order valence-electron chi connectivity index (χ0n) is 11.4. The Balaban J connectivity index is 1.70. The lowest BCUT2D eigenvalue weighted by Gasteiger charge is -2.26. The van der Waals surface area contributed by atoms with Crippen molar-refractivity contribution in [3.63, 3.8) is 0 Å². The lowest BCUT2D eigenvalue weighted by atomic mass is 10.0. The van der Waals surface area contributed by atoms with E-state index in [2.05, 4.69) is 17.1 Å². The number of hydrogen-bond acceptors (Lipinski definition) is 3. The van der Waals surface area contributed by atoms with Gasteiger partial charge in [-0.05, 0) is 30.7 Å². The molecule has 1 saturated heterocycles. The van der Waals surface area contributed by atoms with E-state index in [1.807, 2.05) is 6.07 Å². The van der Waals surface area contributed by atoms with Crippen LogP contribution in [0, 0.1) is 11.7 Å². The Hall–Kier alpha value is -1.13. The highest BCUT2D eigenvalue weighted by Crippen LogP contribution is 2.30. The van der Waals surface area contributed by atoms with Gasteiger partial charge in [-0.2, -0.15) is 0 Å². The van der Waals surface area contributed by atoms with Gasteiger partial charge >= 0.3 is 0 Å². The fourth-order valence-electron chi connectivity index (χ4n) is 3.16. The van der Waals surface area contributed by atoms with E-state index in [1.165, 1.54) is 5.56 Å². The van der Waals surface area contributed by atoms with E-state index in [0.717, 1.165) is 45.0 Å². The predicted octanol–water partition coefficient (Wildman–Crippen LogP) is 1.81. The Kier molecular flexibility index (Phi) is 3.71. The Bertz CT molecular complexity index is 452. The highest BCUT2D eigenvalue weighted by Gasteiger charge is 2.31. The molecular weight excluding hydrogens is 243 g/mol. The van der Waals surface area contributed by atoms with Gasteiger partial charge in [0.25, 0.3) is 0 Å². The number of fused-ring (bicyclic) bond motifs is 1. The molecular formula is C15H21FN2O. The molecule has 2 unspecified atom stereocenters. The van der Waals surface area contributed by atoms with Crippen LogP contribution in [0.1, 0.15) is 12.5 Å². The van der Waals surface area contributed by atoms with E-state index in [9.17, 15) is 4.39 Å². The molecule has 19 heavy (non-hydrogen) atoms. The molecule has 0 spiro atoms. The molecule has 0 aliphatic carbocycles. The van der Waals surface area contributed by atoms with Crippen molar-refractivity contribution in [1.82, 2.24) is 5.32 Å². The Morgan fingerprint density at radius 1 is 1.42 bits per heavy atom. The highest BCUT2D eigenvalue weighted by atomic mass is 19.1. The largest absolute Gasteiger partial charge is 0.379 e. The van der Waals surface area contributed by atoms with Crippen molar-refractivity contribution in [2.75, 3.05) is 37.7 Å². The van der Waals surface area contributed by atoms with Crippen LogP contribution in [0.3, 0.4) is 0 Å². The Labute approximate surface area is 113 Å². The van der Waals surface area contributed by atoms with Crippen LogP contribution in [0.2, 0.25) is 0 Å². The number of benzene rings is 1. The molecule has 1 aromatic carbocycles. The molecule has 1 fully saturated rings. The van der Waals surface area contributed by atoms with Gasteiger partial charge in [-0.15, -0.1) is 0 Å². The minimum Gasteiger partial charge on any atom is -0.379 e. The lowest BCUT2D eigenvalue weighted by molar-refractivity contribution is 0.183. The van der Waals surface area contributed by atoms with E-state index < -0.39 is 0 Å². The fourth-order valence-corrected chi connectivity index (χ4v) is 3.16. The van der Waals surface area contributed by atoms with Crippen molar-refractivity contribution in [2.45, 2.75) is 19.4 Å². The molecule has 0 aromatic heterocycles. The first-order valence-electron chi connectivity index (χ1n) is 7.12. The van der Waals surface area contributed by atoms with E-state index in [1.54, 1.807) is 12.1 Å². The standard InChI is InChI=1S/C15H21FN2O/c1-2-17-14-10-19-9-12(14)8-18-6-5-11-3-4-13(16)7-15(11)18/h3-4,7,12,14,17H,2,5-6,8-10H2,1H3. The number of hydrogen-bond donors (Lipinski definition) is 1. The van der Waals surface area contributed by atoms with Crippen molar-refractivity contribution in [3.8, 4) is 0 Å². The Morgan fingerprint density at radius 2 is 2.32 bits per heavy atom. The van der Waals surface area contributed by atoms with Crippen molar-refractivity contribution >= 4 is 5.69 Å². The maximum atomic E-state index is 13.4. The normalized spacial score (nSPS) is 25.9.